The van der Waals surface area contributed by atoms with Crippen molar-refractivity contribution in [2.75, 3.05) is 17.1 Å². The summed E-state index contributed by atoms with van der Waals surface area (Å²) >= 11 is 0. The number of carbonyl (C=O) groups excluding carboxylic acids is 2. The van der Waals surface area contributed by atoms with E-state index in [4.69, 9.17) is 0 Å². The largest absolute Gasteiger partial charge is 0.352 e. The highest BCUT2D eigenvalue weighted by Gasteiger charge is 2.30. The Morgan fingerprint density at radius 1 is 1.05 bits per heavy atom. The van der Waals surface area contributed by atoms with Gasteiger partial charge >= 0.3 is 0 Å². The van der Waals surface area contributed by atoms with Gasteiger partial charge in [-0.3, -0.25) is 13.9 Å². The third kappa shape index (κ3) is 8.28. The van der Waals surface area contributed by atoms with Crippen molar-refractivity contribution in [2.24, 2.45) is 0 Å². The van der Waals surface area contributed by atoms with Crippen molar-refractivity contribution in [1.29, 1.82) is 0 Å². The molecule has 9 heteroatoms. The summed E-state index contributed by atoms with van der Waals surface area (Å²) in [7, 11) is -3.56. The Kier molecular flexibility index (Phi) is 10.3. The predicted octanol–water partition coefficient (Wildman–Crippen LogP) is 4.85. The fourth-order valence-electron chi connectivity index (χ4n) is 5.17. The summed E-state index contributed by atoms with van der Waals surface area (Å²) in [5, 5.41) is 3.11. The standard InChI is InChI=1S/C29H40FN3O4S/c1-5-27(29(35)31-25-9-6-7-10-25)32(20-23-12-14-24(30)15-13-23)28(34)11-8-16-33(38(4,36)37)26-18-21(2)17-22(3)19-26/h12-15,17-19,25,27H,5-11,16,20H2,1-4H3,(H,31,35)/t27-/m1/s1. The molecule has 3 rings (SSSR count). The molecule has 0 bridgehead atoms. The van der Waals surface area contributed by atoms with Crippen LogP contribution in [0.25, 0.3) is 0 Å². The average molecular weight is 546 g/mol. The molecule has 38 heavy (non-hydrogen) atoms. The Hall–Kier alpha value is -2.94. The van der Waals surface area contributed by atoms with Crippen LogP contribution in [0.2, 0.25) is 0 Å². The van der Waals surface area contributed by atoms with Crippen LogP contribution in [0, 0.1) is 19.7 Å². The normalized spacial score (nSPS) is 14.8. The van der Waals surface area contributed by atoms with Crippen LogP contribution in [-0.2, 0) is 26.2 Å². The third-order valence-corrected chi connectivity index (χ3v) is 8.19. The average Bonchev–Trinajstić information content (AvgIpc) is 3.34. The molecule has 0 saturated heterocycles. The van der Waals surface area contributed by atoms with Gasteiger partial charge in [0.2, 0.25) is 21.8 Å². The Bertz CT molecular complexity index is 1190. The van der Waals surface area contributed by atoms with Crippen molar-refractivity contribution < 1.29 is 22.4 Å². The lowest BCUT2D eigenvalue weighted by molar-refractivity contribution is -0.141. The van der Waals surface area contributed by atoms with Gasteiger partial charge in [-0.2, -0.15) is 0 Å². The van der Waals surface area contributed by atoms with Gasteiger partial charge in [-0.25, -0.2) is 12.8 Å². The number of amides is 2. The summed E-state index contributed by atoms with van der Waals surface area (Å²) in [6, 6.07) is 11.0. The monoisotopic (exact) mass is 545 g/mol. The molecule has 0 aromatic heterocycles. The Morgan fingerprint density at radius 2 is 1.66 bits per heavy atom. The SMILES string of the molecule is CC[C@H](C(=O)NC1CCCC1)N(Cc1ccc(F)cc1)C(=O)CCCN(c1cc(C)cc(C)c1)S(C)(=O)=O. The van der Waals surface area contributed by atoms with Crippen molar-refractivity contribution in [2.45, 2.75) is 84.3 Å². The van der Waals surface area contributed by atoms with Crippen LogP contribution in [0.5, 0.6) is 0 Å². The number of nitrogens with one attached hydrogen (secondary N) is 1. The van der Waals surface area contributed by atoms with Crippen molar-refractivity contribution in [3.05, 3.63) is 65.0 Å². The summed E-state index contributed by atoms with van der Waals surface area (Å²) in [5.41, 5.74) is 3.20. The minimum absolute atomic E-state index is 0.0746. The third-order valence-electron chi connectivity index (χ3n) is 7.00. The summed E-state index contributed by atoms with van der Waals surface area (Å²) < 4.78 is 40.0. The second kappa shape index (κ2) is 13.2. The quantitative estimate of drug-likeness (QED) is 0.413. The zero-order valence-corrected chi connectivity index (χ0v) is 23.7. The number of halogens is 1. The fraction of sp³-hybridized carbons (Fsp3) is 0.517. The van der Waals surface area contributed by atoms with E-state index in [1.165, 1.54) is 16.4 Å². The number of nitrogens with zero attached hydrogens (tertiary/aromatic N) is 2. The number of hydrogen-bond acceptors (Lipinski definition) is 4. The van der Waals surface area contributed by atoms with Crippen LogP contribution in [0.1, 0.15) is 68.6 Å². The number of hydrogen-bond donors (Lipinski definition) is 1. The highest BCUT2D eigenvalue weighted by atomic mass is 32.2. The van der Waals surface area contributed by atoms with Crippen LogP contribution in [0.15, 0.2) is 42.5 Å². The predicted molar refractivity (Wildman–Crippen MR) is 149 cm³/mol. The van der Waals surface area contributed by atoms with Crippen LogP contribution in [0.4, 0.5) is 10.1 Å². The van der Waals surface area contributed by atoms with Crippen LogP contribution in [-0.4, -0.2) is 50.0 Å². The van der Waals surface area contributed by atoms with Crippen LogP contribution in [0.3, 0.4) is 0 Å². The lowest BCUT2D eigenvalue weighted by atomic mass is 10.1. The first-order valence-electron chi connectivity index (χ1n) is 13.4. The number of aryl methyl sites for hydroxylation is 2. The zero-order valence-electron chi connectivity index (χ0n) is 22.9. The van der Waals surface area contributed by atoms with Crippen molar-refractivity contribution >= 4 is 27.5 Å². The van der Waals surface area contributed by atoms with Gasteiger partial charge in [0.15, 0.2) is 0 Å². The molecule has 0 heterocycles. The molecule has 7 nitrogen and oxygen atoms in total. The summed E-state index contributed by atoms with van der Waals surface area (Å²) in [6.45, 7) is 6.01. The molecule has 1 aliphatic rings. The molecule has 1 fully saturated rings. The molecule has 1 N–H and O–H groups in total. The number of anilines is 1. The van der Waals surface area contributed by atoms with Crippen molar-refractivity contribution in [3.63, 3.8) is 0 Å². The first-order chi connectivity index (χ1) is 18.0. The number of rotatable bonds is 12. The van der Waals surface area contributed by atoms with Gasteiger partial charge in [-0.05, 0) is 80.5 Å². The first kappa shape index (κ1) is 29.6. The van der Waals surface area contributed by atoms with E-state index in [9.17, 15) is 22.4 Å². The fourth-order valence-corrected chi connectivity index (χ4v) is 6.12. The van der Waals surface area contributed by atoms with E-state index in [0.29, 0.717) is 18.5 Å². The van der Waals surface area contributed by atoms with Gasteiger partial charge in [0.1, 0.15) is 11.9 Å². The number of benzene rings is 2. The topological polar surface area (TPSA) is 86.8 Å². The van der Waals surface area contributed by atoms with E-state index in [1.54, 1.807) is 17.0 Å². The van der Waals surface area contributed by atoms with E-state index in [2.05, 4.69) is 5.32 Å². The molecule has 2 aromatic rings. The minimum atomic E-state index is -3.56. The molecule has 1 saturated carbocycles. The molecule has 0 aliphatic heterocycles. The molecule has 2 amide bonds. The van der Waals surface area contributed by atoms with E-state index >= 15 is 0 Å². The van der Waals surface area contributed by atoms with Crippen LogP contribution >= 0.6 is 0 Å². The highest BCUT2D eigenvalue weighted by molar-refractivity contribution is 7.92. The minimum Gasteiger partial charge on any atom is -0.352 e. The molecular formula is C29H40FN3O4S. The summed E-state index contributed by atoms with van der Waals surface area (Å²) in [6.07, 6.45) is 6.00. The molecule has 1 atom stereocenters. The molecule has 0 unspecified atom stereocenters. The van der Waals surface area contributed by atoms with Crippen molar-refractivity contribution in [1.82, 2.24) is 10.2 Å². The number of sulfonamides is 1. The maximum atomic E-state index is 13.5. The van der Waals surface area contributed by atoms with E-state index in [0.717, 1.165) is 48.6 Å². The molecule has 208 valence electrons. The molecule has 0 radical (unpaired) electrons. The Morgan fingerprint density at radius 3 is 2.21 bits per heavy atom. The first-order valence-corrected chi connectivity index (χ1v) is 15.2. The smallest absolute Gasteiger partial charge is 0.243 e. The van der Waals surface area contributed by atoms with Crippen molar-refractivity contribution in [3.8, 4) is 0 Å². The zero-order chi connectivity index (χ0) is 27.9. The van der Waals surface area contributed by atoms with Gasteiger partial charge in [0.25, 0.3) is 0 Å². The lowest BCUT2D eigenvalue weighted by Crippen LogP contribution is -2.51. The number of carbonyl (C=O) groups is 2. The molecule has 2 aromatic carbocycles. The van der Waals surface area contributed by atoms with E-state index in [-0.39, 0.29) is 43.2 Å². The molecule has 1 aliphatic carbocycles. The lowest BCUT2D eigenvalue weighted by Gasteiger charge is -2.32. The molecular weight excluding hydrogens is 505 g/mol. The maximum absolute atomic E-state index is 13.5. The van der Waals surface area contributed by atoms with Crippen LogP contribution < -0.4 is 9.62 Å². The Balaban J connectivity index is 1.76. The van der Waals surface area contributed by atoms with Gasteiger partial charge in [-0.1, -0.05) is 38.0 Å². The summed E-state index contributed by atoms with van der Waals surface area (Å²) in [5.74, 6) is -0.788. The summed E-state index contributed by atoms with van der Waals surface area (Å²) in [4.78, 5) is 28.3. The highest BCUT2D eigenvalue weighted by Crippen LogP contribution is 2.23. The van der Waals surface area contributed by atoms with Gasteiger partial charge in [-0.15, -0.1) is 0 Å². The maximum Gasteiger partial charge on any atom is 0.243 e. The van der Waals surface area contributed by atoms with E-state index in [1.807, 2.05) is 39.0 Å². The molecule has 0 spiro atoms. The van der Waals surface area contributed by atoms with Gasteiger partial charge in [0, 0.05) is 25.6 Å². The Labute approximate surface area is 226 Å². The van der Waals surface area contributed by atoms with E-state index < -0.39 is 16.1 Å². The second-order valence-corrected chi connectivity index (χ2v) is 12.3. The second-order valence-electron chi connectivity index (χ2n) is 10.3. The van der Waals surface area contributed by atoms with Gasteiger partial charge < -0.3 is 10.2 Å². The van der Waals surface area contributed by atoms with Gasteiger partial charge in [0.05, 0.1) is 11.9 Å².